The number of pyridine rings is 1. The van der Waals surface area contributed by atoms with E-state index in [0.717, 1.165) is 22.2 Å². The normalized spacial score (nSPS) is 12.4. The summed E-state index contributed by atoms with van der Waals surface area (Å²) in [5.41, 5.74) is 4.61. The minimum Gasteiger partial charge on any atom is -0.350 e. The Kier molecular flexibility index (Phi) is 3.69. The highest BCUT2D eigenvalue weighted by Gasteiger charge is 2.17. The summed E-state index contributed by atoms with van der Waals surface area (Å²) in [6, 6.07) is 12.3. The number of aromatic nitrogens is 4. The summed E-state index contributed by atoms with van der Waals surface area (Å²) in [4.78, 5) is 24.0. The van der Waals surface area contributed by atoms with Gasteiger partial charge in [-0.1, -0.05) is 37.3 Å². The lowest BCUT2D eigenvalue weighted by atomic mass is 9.92. The van der Waals surface area contributed by atoms with Crippen molar-refractivity contribution in [1.82, 2.24) is 19.5 Å². The molecule has 124 valence electrons. The Morgan fingerprint density at radius 1 is 1.12 bits per heavy atom. The molecular weight excluding hydrogens is 312 g/mol. The molecule has 1 N–H and O–H groups in total. The summed E-state index contributed by atoms with van der Waals surface area (Å²) in [7, 11) is 1.79. The maximum absolute atomic E-state index is 12.6. The van der Waals surface area contributed by atoms with E-state index in [4.69, 9.17) is 0 Å². The molecule has 4 aromatic rings. The first-order chi connectivity index (χ1) is 12.1. The Balaban J connectivity index is 1.95. The van der Waals surface area contributed by atoms with Gasteiger partial charge in [0.15, 0.2) is 0 Å². The van der Waals surface area contributed by atoms with Gasteiger partial charge in [-0.15, -0.1) is 0 Å². The van der Waals surface area contributed by atoms with Gasteiger partial charge in [0.2, 0.25) is 0 Å². The number of H-pyrrole nitrogens is 1. The van der Waals surface area contributed by atoms with Crippen molar-refractivity contribution in [3.05, 3.63) is 82.8 Å². The molecule has 1 aromatic carbocycles. The van der Waals surface area contributed by atoms with Gasteiger partial charge in [0.05, 0.1) is 0 Å². The SMILES string of the molecule is CC(c1ccccc1)c1cn(C)c(=O)c2[nH]c(-c3cncnc3)cc12. The van der Waals surface area contributed by atoms with Crippen LogP contribution in [-0.2, 0) is 7.05 Å². The van der Waals surface area contributed by atoms with E-state index in [-0.39, 0.29) is 11.5 Å². The molecule has 5 nitrogen and oxygen atoms in total. The molecule has 25 heavy (non-hydrogen) atoms. The number of hydrogen-bond acceptors (Lipinski definition) is 3. The summed E-state index contributed by atoms with van der Waals surface area (Å²) >= 11 is 0. The van der Waals surface area contributed by atoms with E-state index in [1.165, 1.54) is 11.9 Å². The van der Waals surface area contributed by atoms with Crippen LogP contribution < -0.4 is 5.56 Å². The summed E-state index contributed by atoms with van der Waals surface area (Å²) in [6.07, 6.45) is 6.90. The van der Waals surface area contributed by atoms with Crippen molar-refractivity contribution in [2.45, 2.75) is 12.8 Å². The van der Waals surface area contributed by atoms with E-state index in [1.807, 2.05) is 30.5 Å². The van der Waals surface area contributed by atoms with Crippen LogP contribution in [0.1, 0.15) is 24.0 Å². The predicted octanol–water partition coefficient (Wildman–Crippen LogP) is 3.48. The molecule has 1 atom stereocenters. The Bertz CT molecular complexity index is 1080. The van der Waals surface area contributed by atoms with Gasteiger partial charge in [-0.2, -0.15) is 0 Å². The molecule has 4 rings (SSSR count). The fourth-order valence-electron chi connectivity index (χ4n) is 3.22. The topological polar surface area (TPSA) is 63.6 Å². The van der Waals surface area contributed by atoms with Gasteiger partial charge in [-0.25, -0.2) is 9.97 Å². The molecule has 0 aliphatic rings. The Labute approximate surface area is 145 Å². The molecule has 3 aromatic heterocycles. The van der Waals surface area contributed by atoms with Crippen molar-refractivity contribution in [3.8, 4) is 11.3 Å². The van der Waals surface area contributed by atoms with Gasteiger partial charge in [-0.05, 0) is 17.2 Å². The molecule has 0 spiro atoms. The number of aromatic amines is 1. The summed E-state index contributed by atoms with van der Waals surface area (Å²) in [5, 5.41) is 0.943. The second-order valence-corrected chi connectivity index (χ2v) is 6.23. The van der Waals surface area contributed by atoms with Crippen LogP contribution in [0.5, 0.6) is 0 Å². The van der Waals surface area contributed by atoms with Crippen molar-refractivity contribution in [2.75, 3.05) is 0 Å². The molecule has 0 amide bonds. The molecule has 0 saturated carbocycles. The molecule has 0 aliphatic carbocycles. The molecule has 3 heterocycles. The Morgan fingerprint density at radius 2 is 1.84 bits per heavy atom. The van der Waals surface area contributed by atoms with Crippen molar-refractivity contribution < 1.29 is 0 Å². The lowest BCUT2D eigenvalue weighted by Gasteiger charge is -2.15. The number of rotatable bonds is 3. The number of benzene rings is 1. The first-order valence-electron chi connectivity index (χ1n) is 8.17. The monoisotopic (exact) mass is 330 g/mol. The lowest BCUT2D eigenvalue weighted by molar-refractivity contribution is 0.829. The summed E-state index contributed by atoms with van der Waals surface area (Å²) in [5.74, 6) is 0.172. The highest BCUT2D eigenvalue weighted by molar-refractivity contribution is 5.88. The highest BCUT2D eigenvalue weighted by atomic mass is 16.1. The van der Waals surface area contributed by atoms with E-state index < -0.39 is 0 Å². The van der Waals surface area contributed by atoms with Crippen LogP contribution in [-0.4, -0.2) is 19.5 Å². The van der Waals surface area contributed by atoms with Crippen LogP contribution in [0.15, 0.2) is 66.1 Å². The van der Waals surface area contributed by atoms with Gasteiger partial charge < -0.3 is 9.55 Å². The van der Waals surface area contributed by atoms with E-state index in [9.17, 15) is 4.79 Å². The molecule has 0 bridgehead atoms. The van der Waals surface area contributed by atoms with Crippen LogP contribution in [0.4, 0.5) is 0 Å². The smallest absolute Gasteiger partial charge is 0.274 e. The van der Waals surface area contributed by atoms with Gasteiger partial charge in [0, 0.05) is 48.2 Å². The first-order valence-corrected chi connectivity index (χ1v) is 8.17. The standard InChI is InChI=1S/C20H18N4O/c1-13(14-6-4-3-5-7-14)17-11-24(2)20(25)19-16(17)8-18(23-19)15-9-21-12-22-10-15/h3-13,23H,1-2H3. The molecular formula is C20H18N4O. The average molecular weight is 330 g/mol. The minimum atomic E-state index is -0.0397. The van der Waals surface area contributed by atoms with Gasteiger partial charge in [-0.3, -0.25) is 4.79 Å². The largest absolute Gasteiger partial charge is 0.350 e. The Hall–Kier alpha value is -3.21. The van der Waals surface area contributed by atoms with E-state index in [2.05, 4.69) is 34.0 Å². The molecule has 0 saturated heterocycles. The quantitative estimate of drug-likeness (QED) is 0.625. The average Bonchev–Trinajstić information content (AvgIpc) is 3.11. The summed E-state index contributed by atoms with van der Waals surface area (Å²) in [6.45, 7) is 2.16. The number of hydrogen-bond donors (Lipinski definition) is 1. The molecule has 5 heteroatoms. The number of nitrogens with zero attached hydrogens (tertiary/aromatic N) is 3. The molecule has 0 aliphatic heterocycles. The first kappa shape index (κ1) is 15.3. The third kappa shape index (κ3) is 2.63. The fraction of sp³-hybridized carbons (Fsp3) is 0.150. The van der Waals surface area contributed by atoms with Gasteiger partial charge in [0.1, 0.15) is 11.8 Å². The van der Waals surface area contributed by atoms with Gasteiger partial charge >= 0.3 is 0 Å². The Morgan fingerprint density at radius 3 is 2.56 bits per heavy atom. The maximum Gasteiger partial charge on any atom is 0.274 e. The maximum atomic E-state index is 12.6. The summed E-state index contributed by atoms with van der Waals surface area (Å²) < 4.78 is 1.64. The van der Waals surface area contributed by atoms with Crippen LogP contribution in [0.2, 0.25) is 0 Å². The zero-order valence-corrected chi connectivity index (χ0v) is 14.1. The van der Waals surface area contributed by atoms with Crippen LogP contribution in [0.3, 0.4) is 0 Å². The number of aryl methyl sites for hydroxylation is 1. The van der Waals surface area contributed by atoms with Gasteiger partial charge in [0.25, 0.3) is 5.56 Å². The third-order valence-electron chi connectivity index (χ3n) is 4.63. The van der Waals surface area contributed by atoms with Crippen LogP contribution in [0.25, 0.3) is 22.2 Å². The number of fused-ring (bicyclic) bond motifs is 1. The lowest BCUT2D eigenvalue weighted by Crippen LogP contribution is -2.18. The zero-order chi connectivity index (χ0) is 17.4. The zero-order valence-electron chi connectivity index (χ0n) is 14.1. The fourth-order valence-corrected chi connectivity index (χ4v) is 3.22. The van der Waals surface area contributed by atoms with E-state index in [1.54, 1.807) is 24.0 Å². The van der Waals surface area contributed by atoms with Crippen LogP contribution in [0, 0.1) is 0 Å². The van der Waals surface area contributed by atoms with Crippen molar-refractivity contribution in [2.24, 2.45) is 7.05 Å². The number of nitrogens with one attached hydrogen (secondary N) is 1. The third-order valence-corrected chi connectivity index (χ3v) is 4.63. The molecule has 0 fully saturated rings. The van der Waals surface area contributed by atoms with E-state index >= 15 is 0 Å². The van der Waals surface area contributed by atoms with Crippen molar-refractivity contribution in [3.63, 3.8) is 0 Å². The van der Waals surface area contributed by atoms with E-state index in [0.29, 0.717) is 5.52 Å². The van der Waals surface area contributed by atoms with Crippen molar-refractivity contribution >= 4 is 10.9 Å². The van der Waals surface area contributed by atoms with Crippen molar-refractivity contribution in [1.29, 1.82) is 0 Å². The predicted molar refractivity (Wildman–Crippen MR) is 98.5 cm³/mol. The molecule has 1 unspecified atom stereocenters. The second-order valence-electron chi connectivity index (χ2n) is 6.23. The van der Waals surface area contributed by atoms with Crippen LogP contribution >= 0.6 is 0 Å². The molecule has 0 radical (unpaired) electrons. The minimum absolute atomic E-state index is 0.0397. The highest BCUT2D eigenvalue weighted by Crippen LogP contribution is 2.31. The second kappa shape index (κ2) is 6.02.